The molecular formula is C10H14F2O4S. The fourth-order valence-corrected chi connectivity index (χ4v) is 1.54. The van der Waals surface area contributed by atoms with E-state index < -0.39 is 40.3 Å². The topological polar surface area (TPSA) is 68.3 Å². The minimum Gasteiger partial charge on any atom is -0.299 e. The number of carbonyl (C=O) groups excluding carboxylic acids is 2. The van der Waals surface area contributed by atoms with Gasteiger partial charge in [-0.3, -0.25) is 9.59 Å². The fourth-order valence-electron chi connectivity index (χ4n) is 1.14. The molecule has 0 heterocycles. The molecule has 0 N–H and O–H groups in total. The van der Waals surface area contributed by atoms with Crippen molar-refractivity contribution in [2.75, 3.05) is 0 Å². The number of Topliss-reactive ketones (excluding diaryl/α,β-unsaturated/α-hetero) is 1. The summed E-state index contributed by atoms with van der Waals surface area (Å²) in [6.45, 7) is 4.69. The molecule has 0 aliphatic carbocycles. The predicted octanol–water partition coefficient (Wildman–Crippen LogP) is 1.71. The van der Waals surface area contributed by atoms with Gasteiger partial charge in [0.05, 0.1) is 0 Å². The lowest BCUT2D eigenvalue weighted by Crippen LogP contribution is -2.18. The molecule has 7 heteroatoms. The molecule has 0 aromatic heterocycles. The summed E-state index contributed by atoms with van der Waals surface area (Å²) in [6, 6.07) is 0. The summed E-state index contributed by atoms with van der Waals surface area (Å²) in [4.78, 5) is 22.3. The molecule has 0 saturated heterocycles. The average molecular weight is 268 g/mol. The van der Waals surface area contributed by atoms with Crippen LogP contribution < -0.4 is 0 Å². The van der Waals surface area contributed by atoms with E-state index in [0.717, 1.165) is 6.08 Å². The molecule has 4 nitrogen and oxygen atoms in total. The van der Waals surface area contributed by atoms with Crippen LogP contribution in [0.25, 0.3) is 0 Å². The number of hydrogen-bond donors (Lipinski definition) is 0. The van der Waals surface area contributed by atoms with Crippen LogP contribution in [-0.4, -0.2) is 25.5 Å². The number of carbonyl (C=O) groups is 2. The van der Waals surface area contributed by atoms with Crippen molar-refractivity contribution < 1.29 is 26.3 Å². The first-order valence-electron chi connectivity index (χ1n) is 4.94. The van der Waals surface area contributed by atoms with E-state index in [0.29, 0.717) is 0 Å². The average Bonchev–Trinajstić information content (AvgIpc) is 2.23. The SMILES string of the molecule is C=CC(=O)CC(C)C(=O)CCC(F)S(=O)(=O)F. The lowest BCUT2D eigenvalue weighted by Gasteiger charge is -2.08. The number of hydrogen-bond acceptors (Lipinski definition) is 4. The molecule has 0 rings (SSSR count). The molecule has 0 spiro atoms. The van der Waals surface area contributed by atoms with Gasteiger partial charge in [-0.2, -0.15) is 8.42 Å². The summed E-state index contributed by atoms with van der Waals surface area (Å²) in [6.07, 6.45) is -0.157. The van der Waals surface area contributed by atoms with Crippen LogP contribution in [0.3, 0.4) is 0 Å². The molecule has 2 unspecified atom stereocenters. The third-order valence-electron chi connectivity index (χ3n) is 2.21. The van der Waals surface area contributed by atoms with Gasteiger partial charge >= 0.3 is 10.2 Å². The smallest absolute Gasteiger partial charge is 0.299 e. The largest absolute Gasteiger partial charge is 0.334 e. The first-order valence-corrected chi connectivity index (χ1v) is 6.38. The fraction of sp³-hybridized carbons (Fsp3) is 0.600. The highest BCUT2D eigenvalue weighted by atomic mass is 32.3. The van der Waals surface area contributed by atoms with Crippen molar-refractivity contribution in [2.24, 2.45) is 5.92 Å². The Morgan fingerprint density at radius 3 is 2.35 bits per heavy atom. The van der Waals surface area contributed by atoms with Gasteiger partial charge in [0.2, 0.25) is 5.50 Å². The van der Waals surface area contributed by atoms with Crippen molar-refractivity contribution in [3.05, 3.63) is 12.7 Å². The number of rotatable bonds is 8. The van der Waals surface area contributed by atoms with Crippen LogP contribution in [0.5, 0.6) is 0 Å². The summed E-state index contributed by atoms with van der Waals surface area (Å²) in [5.74, 6) is -1.47. The zero-order valence-electron chi connectivity index (χ0n) is 9.36. The van der Waals surface area contributed by atoms with E-state index in [1.807, 2.05) is 0 Å². The maximum Gasteiger partial charge on any atom is 0.334 e. The number of halogens is 2. The second kappa shape index (κ2) is 6.58. The standard InChI is InChI=1S/C10H14F2O4S/c1-3-8(13)6-7(2)9(14)4-5-10(11)17(12,15)16/h3,7,10H,1,4-6H2,2H3. The van der Waals surface area contributed by atoms with Crippen molar-refractivity contribution in [2.45, 2.75) is 31.7 Å². The molecule has 0 radical (unpaired) electrons. The van der Waals surface area contributed by atoms with Gasteiger partial charge in [-0.1, -0.05) is 13.5 Å². The van der Waals surface area contributed by atoms with Crippen LogP contribution >= 0.6 is 0 Å². The third kappa shape index (κ3) is 6.25. The summed E-state index contributed by atoms with van der Waals surface area (Å²) in [5.41, 5.74) is -2.69. The Balaban J connectivity index is 4.19. The number of alkyl halides is 1. The maximum atomic E-state index is 12.7. The summed E-state index contributed by atoms with van der Waals surface area (Å²) >= 11 is 0. The lowest BCUT2D eigenvalue weighted by molar-refractivity contribution is -0.126. The van der Waals surface area contributed by atoms with Crippen LogP contribution in [0.4, 0.5) is 8.28 Å². The molecule has 0 fully saturated rings. The molecular weight excluding hydrogens is 254 g/mol. The van der Waals surface area contributed by atoms with Gasteiger partial charge in [-0.25, -0.2) is 4.39 Å². The Kier molecular flexibility index (Phi) is 6.15. The molecule has 0 aliphatic rings. The molecule has 0 amide bonds. The first-order chi connectivity index (χ1) is 7.68. The number of ketones is 2. The van der Waals surface area contributed by atoms with Crippen LogP contribution in [0.15, 0.2) is 12.7 Å². The van der Waals surface area contributed by atoms with E-state index in [-0.39, 0.29) is 12.2 Å². The second-order valence-electron chi connectivity index (χ2n) is 3.67. The zero-order chi connectivity index (χ0) is 13.6. The van der Waals surface area contributed by atoms with Crippen LogP contribution in [0, 0.1) is 5.92 Å². The Morgan fingerprint density at radius 2 is 1.94 bits per heavy atom. The minimum atomic E-state index is -5.25. The van der Waals surface area contributed by atoms with E-state index in [9.17, 15) is 26.3 Å². The molecule has 0 aliphatic heterocycles. The number of allylic oxidation sites excluding steroid dienone is 1. The Labute approximate surface area is 98.9 Å². The maximum absolute atomic E-state index is 12.7. The van der Waals surface area contributed by atoms with Gasteiger partial charge in [-0.05, 0) is 6.08 Å². The van der Waals surface area contributed by atoms with E-state index in [4.69, 9.17) is 0 Å². The molecule has 0 bridgehead atoms. The second-order valence-corrected chi connectivity index (χ2v) is 5.13. The molecule has 0 saturated carbocycles. The highest BCUT2D eigenvalue weighted by Crippen LogP contribution is 2.15. The van der Waals surface area contributed by atoms with Crippen molar-refractivity contribution >= 4 is 21.8 Å². The first kappa shape index (κ1) is 15.9. The predicted molar refractivity (Wildman–Crippen MR) is 58.1 cm³/mol. The molecule has 0 aromatic rings. The van der Waals surface area contributed by atoms with Gasteiger partial charge in [0.1, 0.15) is 5.78 Å². The van der Waals surface area contributed by atoms with E-state index in [2.05, 4.69) is 6.58 Å². The quantitative estimate of drug-likeness (QED) is 0.496. The molecule has 2 atom stereocenters. The monoisotopic (exact) mass is 268 g/mol. The third-order valence-corrected chi connectivity index (χ3v) is 3.05. The molecule has 98 valence electrons. The Bertz CT molecular complexity index is 403. The van der Waals surface area contributed by atoms with Gasteiger partial charge < -0.3 is 0 Å². The minimum absolute atomic E-state index is 0.0678. The van der Waals surface area contributed by atoms with Gasteiger partial charge in [0, 0.05) is 25.2 Å². The van der Waals surface area contributed by atoms with E-state index >= 15 is 0 Å². The van der Waals surface area contributed by atoms with E-state index in [1.165, 1.54) is 6.92 Å². The van der Waals surface area contributed by atoms with Crippen LogP contribution in [-0.2, 0) is 19.8 Å². The summed E-state index contributed by atoms with van der Waals surface area (Å²) in [5, 5.41) is 0. The highest BCUT2D eigenvalue weighted by molar-refractivity contribution is 7.86. The van der Waals surface area contributed by atoms with Crippen molar-refractivity contribution in [1.29, 1.82) is 0 Å². The zero-order valence-corrected chi connectivity index (χ0v) is 10.2. The van der Waals surface area contributed by atoms with Crippen molar-refractivity contribution in [1.82, 2.24) is 0 Å². The summed E-state index contributed by atoms with van der Waals surface area (Å²) < 4.78 is 45.0. The Morgan fingerprint density at radius 1 is 1.41 bits per heavy atom. The molecule has 17 heavy (non-hydrogen) atoms. The van der Waals surface area contributed by atoms with E-state index in [1.54, 1.807) is 0 Å². The van der Waals surface area contributed by atoms with Crippen molar-refractivity contribution in [3.63, 3.8) is 0 Å². The normalized spacial score (nSPS) is 15.0. The van der Waals surface area contributed by atoms with Crippen LogP contribution in [0.1, 0.15) is 26.2 Å². The Hall–Kier alpha value is -1.11. The van der Waals surface area contributed by atoms with Gasteiger partial charge in [0.25, 0.3) is 0 Å². The van der Waals surface area contributed by atoms with Crippen LogP contribution in [0.2, 0.25) is 0 Å². The van der Waals surface area contributed by atoms with Gasteiger partial charge in [-0.15, -0.1) is 3.89 Å². The van der Waals surface area contributed by atoms with Crippen molar-refractivity contribution in [3.8, 4) is 0 Å². The van der Waals surface area contributed by atoms with Gasteiger partial charge in [0.15, 0.2) is 5.78 Å². The lowest BCUT2D eigenvalue weighted by atomic mass is 9.97. The highest BCUT2D eigenvalue weighted by Gasteiger charge is 2.26. The summed E-state index contributed by atoms with van der Waals surface area (Å²) in [7, 11) is -5.25. The molecule has 0 aromatic carbocycles.